The van der Waals surface area contributed by atoms with Crippen molar-refractivity contribution in [3.63, 3.8) is 0 Å². The van der Waals surface area contributed by atoms with Gasteiger partial charge in [-0.1, -0.05) is 18.6 Å². The zero-order valence-electron chi connectivity index (χ0n) is 18.1. The number of carbonyl (C=O) groups is 3. The molecule has 0 aliphatic carbocycles. The largest absolute Gasteiger partial charge is 0.322 e. The van der Waals surface area contributed by atoms with Crippen molar-refractivity contribution in [2.24, 2.45) is 5.92 Å². The van der Waals surface area contributed by atoms with Gasteiger partial charge in [0, 0.05) is 37.7 Å². The number of likely N-dealkylation sites (tertiary alicyclic amines) is 1. The lowest BCUT2D eigenvalue weighted by Crippen LogP contribution is -2.52. The number of hydrogen-bond donors (Lipinski definition) is 2. The molecule has 2 N–H and O–H groups in total. The van der Waals surface area contributed by atoms with E-state index in [2.05, 4.69) is 21.6 Å². The minimum absolute atomic E-state index is 0.0886. The van der Waals surface area contributed by atoms with Gasteiger partial charge in [0.05, 0.1) is 0 Å². The summed E-state index contributed by atoms with van der Waals surface area (Å²) in [7, 11) is 0. The second-order valence-corrected chi connectivity index (χ2v) is 9.54. The van der Waals surface area contributed by atoms with E-state index in [1.165, 1.54) is 37.7 Å². The fourth-order valence-electron chi connectivity index (χ4n) is 5.88. The van der Waals surface area contributed by atoms with Crippen molar-refractivity contribution in [1.82, 2.24) is 20.4 Å². The van der Waals surface area contributed by atoms with E-state index in [1.807, 2.05) is 12.1 Å². The zero-order chi connectivity index (χ0) is 21.4. The van der Waals surface area contributed by atoms with Gasteiger partial charge >= 0.3 is 0 Å². The van der Waals surface area contributed by atoms with Crippen LogP contribution < -0.4 is 10.6 Å². The lowest BCUT2D eigenvalue weighted by atomic mass is 9.86. The smallest absolute Gasteiger partial charge is 0.255 e. The Kier molecular flexibility index (Phi) is 5.80. The molecule has 0 radical (unpaired) electrons. The molecule has 0 saturated carbocycles. The number of amides is 3. The van der Waals surface area contributed by atoms with E-state index in [0.717, 1.165) is 31.7 Å². The van der Waals surface area contributed by atoms with Crippen molar-refractivity contribution in [2.45, 2.75) is 70.1 Å². The van der Waals surface area contributed by atoms with E-state index in [9.17, 15) is 14.4 Å². The third-order valence-electron chi connectivity index (χ3n) is 7.53. The Morgan fingerprint density at radius 3 is 2.74 bits per heavy atom. The topological polar surface area (TPSA) is 81.8 Å². The van der Waals surface area contributed by atoms with Gasteiger partial charge in [0.2, 0.25) is 11.8 Å². The molecule has 3 fully saturated rings. The van der Waals surface area contributed by atoms with Crippen LogP contribution in [0.4, 0.5) is 0 Å². The number of rotatable bonds is 4. The average molecular weight is 425 g/mol. The fraction of sp³-hybridized carbons (Fsp3) is 0.625. The quantitative estimate of drug-likeness (QED) is 0.721. The van der Waals surface area contributed by atoms with E-state index < -0.39 is 6.04 Å². The Labute approximate surface area is 183 Å². The third-order valence-corrected chi connectivity index (χ3v) is 7.53. The molecule has 3 unspecified atom stereocenters. The van der Waals surface area contributed by atoms with E-state index in [4.69, 9.17) is 0 Å². The molecule has 0 aromatic heterocycles. The maximum atomic E-state index is 13.1. The van der Waals surface area contributed by atoms with Gasteiger partial charge in [-0.25, -0.2) is 0 Å². The summed E-state index contributed by atoms with van der Waals surface area (Å²) in [6.07, 6.45) is 7.12. The second-order valence-electron chi connectivity index (χ2n) is 9.54. The molecule has 7 nitrogen and oxygen atoms in total. The molecule has 1 aromatic rings. The molecule has 5 rings (SSSR count). The van der Waals surface area contributed by atoms with Crippen molar-refractivity contribution >= 4 is 17.7 Å². The van der Waals surface area contributed by atoms with Gasteiger partial charge in [0.1, 0.15) is 6.04 Å². The number of nitrogens with zero attached hydrogens (tertiary/aromatic N) is 2. The van der Waals surface area contributed by atoms with Crippen molar-refractivity contribution in [3.05, 3.63) is 34.9 Å². The summed E-state index contributed by atoms with van der Waals surface area (Å²) in [5, 5.41) is 6.11. The predicted molar refractivity (Wildman–Crippen MR) is 116 cm³/mol. The molecule has 166 valence electrons. The Morgan fingerprint density at radius 2 is 1.94 bits per heavy atom. The summed E-state index contributed by atoms with van der Waals surface area (Å²) < 4.78 is 0. The molecule has 1 aromatic carbocycles. The molecule has 0 bridgehead atoms. The molecule has 31 heavy (non-hydrogen) atoms. The van der Waals surface area contributed by atoms with E-state index >= 15 is 0 Å². The van der Waals surface area contributed by atoms with Crippen LogP contribution in [0.3, 0.4) is 0 Å². The molecule has 3 amide bonds. The van der Waals surface area contributed by atoms with Crippen molar-refractivity contribution in [3.8, 4) is 0 Å². The first-order valence-corrected chi connectivity index (χ1v) is 11.8. The first-order chi connectivity index (χ1) is 15.1. The maximum Gasteiger partial charge on any atom is 0.255 e. The van der Waals surface area contributed by atoms with Crippen molar-refractivity contribution in [1.29, 1.82) is 0 Å². The van der Waals surface area contributed by atoms with Gasteiger partial charge in [0.25, 0.3) is 5.91 Å². The summed E-state index contributed by atoms with van der Waals surface area (Å²) in [6, 6.07) is 6.05. The van der Waals surface area contributed by atoms with Gasteiger partial charge in [-0.3, -0.25) is 24.6 Å². The van der Waals surface area contributed by atoms with Crippen LogP contribution in [0.25, 0.3) is 0 Å². The van der Waals surface area contributed by atoms with Gasteiger partial charge in [-0.15, -0.1) is 0 Å². The first kappa shape index (κ1) is 20.6. The highest BCUT2D eigenvalue weighted by Gasteiger charge is 2.40. The minimum Gasteiger partial charge on any atom is -0.322 e. The Morgan fingerprint density at radius 1 is 1.03 bits per heavy atom. The maximum absolute atomic E-state index is 13.1. The SMILES string of the molecule is O=C1CCC(N2Cc3c(CN4CCCC(C5CCCCN5)C4)cccc3C2=O)C(=O)N1. The van der Waals surface area contributed by atoms with Gasteiger partial charge in [-0.2, -0.15) is 0 Å². The molecular formula is C24H32N4O3. The first-order valence-electron chi connectivity index (χ1n) is 11.8. The highest BCUT2D eigenvalue weighted by Crippen LogP contribution is 2.32. The lowest BCUT2D eigenvalue weighted by Gasteiger charge is -2.39. The Balaban J connectivity index is 1.29. The lowest BCUT2D eigenvalue weighted by molar-refractivity contribution is -0.136. The molecular weight excluding hydrogens is 392 g/mol. The molecule has 4 aliphatic rings. The molecule has 0 spiro atoms. The molecule has 4 heterocycles. The average Bonchev–Trinajstić information content (AvgIpc) is 3.12. The van der Waals surface area contributed by atoms with E-state index in [0.29, 0.717) is 30.5 Å². The number of carbonyl (C=O) groups excluding carboxylic acids is 3. The summed E-state index contributed by atoms with van der Waals surface area (Å²) in [6.45, 7) is 4.65. The minimum atomic E-state index is -0.554. The van der Waals surface area contributed by atoms with Crippen LogP contribution in [0.15, 0.2) is 18.2 Å². The summed E-state index contributed by atoms with van der Waals surface area (Å²) >= 11 is 0. The van der Waals surface area contributed by atoms with Crippen LogP contribution in [0.1, 0.15) is 66.4 Å². The van der Waals surface area contributed by atoms with Crippen LogP contribution in [-0.4, -0.2) is 59.2 Å². The van der Waals surface area contributed by atoms with Crippen LogP contribution in [0.5, 0.6) is 0 Å². The van der Waals surface area contributed by atoms with Crippen LogP contribution in [0.2, 0.25) is 0 Å². The second kappa shape index (κ2) is 8.71. The summed E-state index contributed by atoms with van der Waals surface area (Å²) in [5.41, 5.74) is 2.96. The number of piperidine rings is 3. The fourth-order valence-corrected chi connectivity index (χ4v) is 5.88. The molecule has 3 saturated heterocycles. The molecule has 7 heteroatoms. The van der Waals surface area contributed by atoms with Crippen LogP contribution in [-0.2, 0) is 22.7 Å². The highest BCUT2D eigenvalue weighted by atomic mass is 16.2. The summed E-state index contributed by atoms with van der Waals surface area (Å²) in [5.74, 6) is 0.0118. The standard InChI is InChI=1S/C24H32N4O3/c29-22-10-9-21(23(30)26-22)28-15-19-16(5-3-7-18(19)24(28)31)13-27-12-4-6-17(14-27)20-8-1-2-11-25-20/h3,5,7,17,20-21,25H,1-2,4,6,8-15H2,(H,26,29,30). The van der Waals surface area contributed by atoms with Crippen LogP contribution >= 0.6 is 0 Å². The third kappa shape index (κ3) is 4.13. The van der Waals surface area contributed by atoms with Gasteiger partial charge in [-0.05, 0) is 68.3 Å². The number of hydrogen-bond acceptors (Lipinski definition) is 5. The molecule has 4 aliphatic heterocycles. The van der Waals surface area contributed by atoms with E-state index in [1.54, 1.807) is 4.90 Å². The highest BCUT2D eigenvalue weighted by molar-refractivity contribution is 6.05. The Hall–Kier alpha value is -2.25. The summed E-state index contributed by atoms with van der Waals surface area (Å²) in [4.78, 5) is 41.1. The van der Waals surface area contributed by atoms with Crippen molar-refractivity contribution < 1.29 is 14.4 Å². The number of fused-ring (bicyclic) bond motifs is 1. The van der Waals surface area contributed by atoms with Gasteiger partial charge < -0.3 is 10.2 Å². The zero-order valence-corrected chi connectivity index (χ0v) is 18.1. The normalized spacial score (nSPS) is 29.7. The predicted octanol–water partition coefficient (Wildman–Crippen LogP) is 1.80. The Bertz CT molecular complexity index is 880. The van der Waals surface area contributed by atoms with E-state index in [-0.39, 0.29) is 24.1 Å². The van der Waals surface area contributed by atoms with Crippen molar-refractivity contribution in [2.75, 3.05) is 19.6 Å². The van der Waals surface area contributed by atoms with Gasteiger partial charge in [0.15, 0.2) is 0 Å². The van der Waals surface area contributed by atoms with Crippen LogP contribution in [0, 0.1) is 5.92 Å². The number of imide groups is 1. The number of benzene rings is 1. The molecule has 3 atom stereocenters. The monoisotopic (exact) mass is 424 g/mol. The number of nitrogens with one attached hydrogen (secondary N) is 2.